The molecule has 0 spiro atoms. The van der Waals surface area contributed by atoms with Crippen molar-refractivity contribution in [1.82, 2.24) is 0 Å². The lowest BCUT2D eigenvalue weighted by molar-refractivity contribution is -0.210. The average molecular weight is 1080 g/mol. The molecule has 2 aliphatic rings. The molecule has 0 aliphatic carbocycles. The van der Waals surface area contributed by atoms with Crippen LogP contribution in [0, 0.1) is 5.92 Å². The van der Waals surface area contributed by atoms with Crippen LogP contribution in [0.3, 0.4) is 0 Å². The maximum Gasteiger partial charge on any atom is 0.472 e. The van der Waals surface area contributed by atoms with Crippen molar-refractivity contribution in [3.8, 4) is 0 Å². The van der Waals surface area contributed by atoms with E-state index in [1.165, 1.54) is 25.3 Å². The Morgan fingerprint density at radius 1 is 0.808 bits per heavy atom. The van der Waals surface area contributed by atoms with Crippen molar-refractivity contribution >= 4 is 27.6 Å². The van der Waals surface area contributed by atoms with E-state index in [1.54, 1.807) is 12.2 Å². The van der Waals surface area contributed by atoms with Crippen LogP contribution in [-0.2, 0) is 46.5 Å². The molecule has 0 aromatic heterocycles. The van der Waals surface area contributed by atoms with Gasteiger partial charge in [0.2, 0.25) is 0 Å². The molecule has 0 radical (unpaired) electrons. The highest BCUT2D eigenvalue weighted by Crippen LogP contribution is 2.49. The number of unbranched alkanes of at least 4 members (excludes halogenated alkanes) is 5. The molecule has 0 aromatic carbocycles. The van der Waals surface area contributed by atoms with Gasteiger partial charge in [0.1, 0.15) is 43.2 Å². The number of cyclic esters (lactones) is 1. The SMILES string of the molecule is CCCCC/C=C\C/C=C\C/C=C\C/C=C\C/C=C\CCC(=O)O[C@@H]1COC(=O)CCCC=CC[C@@H]2[C@@H](O)[C@H](O)[C@@H](O)[C@H](OP(=O)(O)OC1)[C@H](OP(=O)(O)O)[C@H](O)[C@@H](/C=C/[C@@H](O)CCCCC)OC(O)C[C@@H]2O. The lowest BCUT2D eigenvalue weighted by atomic mass is 9.83. The molecule has 1 fully saturated rings. The van der Waals surface area contributed by atoms with Crippen molar-refractivity contribution in [2.45, 2.75) is 203 Å². The Morgan fingerprint density at radius 2 is 1.41 bits per heavy atom. The molecule has 0 amide bonds. The minimum Gasteiger partial charge on any atom is -0.462 e. The zero-order chi connectivity index (χ0) is 54.1. The smallest absolute Gasteiger partial charge is 0.462 e. The molecule has 1 saturated heterocycles. The standard InChI is InChI=1S/C51H84O20P2/c1-3-5-7-8-9-10-11-12-13-14-15-16-17-18-19-20-21-22-28-32-44(55)68-39-36-66-43(54)31-27-24-23-26-30-40-41(53)35-45(56)69-42(34-33-38(52)29-25-6-4-2)47(58)50(70-72(61,62)63)51(49(60)48(59)46(40)57)71-73(64,65)67-37-39/h9-10,12-13,15-16,18-19,21-23,26,33-34,38-42,45-53,56-60H,3-8,11,14,17,20,24-25,27-32,35-37H2,1-2H3,(H,64,65)(H2,61,62,63)/b10-9-,13-12-,16-15-,19-18-,22-21-,26-23?,34-33+/t38-,39+,40-,41-,42+,45?,46+,47+,48-,49+,50+,51-/m0/s1. The zero-order valence-corrected chi connectivity index (χ0v) is 44.1. The lowest BCUT2D eigenvalue weighted by Gasteiger charge is -2.41. The van der Waals surface area contributed by atoms with Crippen LogP contribution in [0.5, 0.6) is 0 Å². The van der Waals surface area contributed by atoms with Crippen LogP contribution in [0.15, 0.2) is 85.1 Å². The van der Waals surface area contributed by atoms with Crippen molar-refractivity contribution in [1.29, 1.82) is 0 Å². The Bertz CT molecular complexity index is 1850. The molecule has 73 heavy (non-hydrogen) atoms. The van der Waals surface area contributed by atoms with Gasteiger partial charge in [0.05, 0.1) is 24.9 Å². The van der Waals surface area contributed by atoms with Crippen molar-refractivity contribution < 1.29 is 96.9 Å². The van der Waals surface area contributed by atoms with Crippen LogP contribution < -0.4 is 0 Å². The van der Waals surface area contributed by atoms with Crippen molar-refractivity contribution in [3.63, 3.8) is 0 Å². The summed E-state index contributed by atoms with van der Waals surface area (Å²) in [7, 11) is -11.6. The number of allylic oxidation sites excluding steroid dienone is 12. The Morgan fingerprint density at radius 3 is 2.03 bits per heavy atom. The fourth-order valence-corrected chi connectivity index (χ4v) is 9.23. The lowest BCUT2D eigenvalue weighted by Crippen LogP contribution is -2.58. The first-order valence-corrected chi connectivity index (χ1v) is 28.6. The van der Waals surface area contributed by atoms with Gasteiger partial charge in [0, 0.05) is 25.2 Å². The topological polar surface area (TPSA) is 326 Å². The van der Waals surface area contributed by atoms with Gasteiger partial charge in [-0.1, -0.05) is 131 Å². The molecule has 22 heteroatoms. The number of rotatable bonds is 24. The number of ether oxygens (including phenoxy) is 3. The third-order valence-corrected chi connectivity index (χ3v) is 13.3. The fourth-order valence-electron chi connectivity index (χ4n) is 7.70. The number of hydrogen-bond acceptors (Lipinski definition) is 17. The summed E-state index contributed by atoms with van der Waals surface area (Å²) >= 11 is 0. The van der Waals surface area contributed by atoms with Crippen LogP contribution >= 0.6 is 15.6 Å². The van der Waals surface area contributed by atoms with E-state index in [0.29, 0.717) is 12.8 Å². The molecule has 418 valence electrons. The van der Waals surface area contributed by atoms with E-state index in [0.717, 1.165) is 50.7 Å². The number of phosphoric ester groups is 2. The molecule has 2 aliphatic heterocycles. The highest BCUT2D eigenvalue weighted by molar-refractivity contribution is 7.47. The molecule has 20 nitrogen and oxygen atoms in total. The van der Waals surface area contributed by atoms with Gasteiger partial charge in [-0.05, 0) is 70.6 Å². The number of carbonyl (C=O) groups excluding carboxylic acids is 2. The summed E-state index contributed by atoms with van der Waals surface area (Å²) in [5.41, 5.74) is 0. The molecule has 10 N–H and O–H groups in total. The summed E-state index contributed by atoms with van der Waals surface area (Å²) in [6.07, 6.45) is 11.8. The number of esters is 2. The van der Waals surface area contributed by atoms with Gasteiger partial charge in [-0.3, -0.25) is 23.2 Å². The van der Waals surface area contributed by atoms with Gasteiger partial charge in [0.15, 0.2) is 12.4 Å². The van der Waals surface area contributed by atoms with E-state index >= 15 is 0 Å². The maximum absolute atomic E-state index is 13.8. The largest absolute Gasteiger partial charge is 0.472 e. The summed E-state index contributed by atoms with van der Waals surface area (Å²) in [4.78, 5) is 56.8. The van der Waals surface area contributed by atoms with Gasteiger partial charge in [-0.2, -0.15) is 0 Å². The van der Waals surface area contributed by atoms with Crippen LogP contribution in [0.2, 0.25) is 0 Å². The van der Waals surface area contributed by atoms with Crippen LogP contribution in [0.4, 0.5) is 0 Å². The van der Waals surface area contributed by atoms with Gasteiger partial charge in [-0.15, -0.1) is 0 Å². The molecular weight excluding hydrogens is 994 g/mol. The van der Waals surface area contributed by atoms with E-state index in [4.69, 9.17) is 27.8 Å². The molecular formula is C51H84O20P2. The van der Waals surface area contributed by atoms with E-state index in [-0.39, 0.29) is 44.9 Å². The Labute approximate surface area is 430 Å². The van der Waals surface area contributed by atoms with Gasteiger partial charge in [0.25, 0.3) is 0 Å². The van der Waals surface area contributed by atoms with Gasteiger partial charge in [-0.25, -0.2) is 9.13 Å². The van der Waals surface area contributed by atoms with Crippen LogP contribution in [-0.4, -0.2) is 143 Å². The van der Waals surface area contributed by atoms with E-state index in [9.17, 15) is 69.1 Å². The number of aliphatic hydroxyl groups is 7. The molecule has 0 saturated carbocycles. The van der Waals surface area contributed by atoms with Gasteiger partial charge >= 0.3 is 27.6 Å². The number of phosphoric acid groups is 2. The van der Waals surface area contributed by atoms with Crippen molar-refractivity contribution in [3.05, 3.63) is 85.1 Å². The molecule has 2 heterocycles. The highest BCUT2D eigenvalue weighted by atomic mass is 31.2. The summed E-state index contributed by atoms with van der Waals surface area (Å²) < 4.78 is 57.8. The number of fused-ring (bicyclic) bond motifs is 4. The molecule has 0 aromatic rings. The predicted octanol–water partition coefficient (Wildman–Crippen LogP) is 6.28. The Balaban J connectivity index is 2.32. The second-order valence-electron chi connectivity index (χ2n) is 18.1. The second-order valence-corrected chi connectivity index (χ2v) is 20.7. The number of aliphatic hydroxyl groups excluding tert-OH is 7. The van der Waals surface area contributed by atoms with E-state index in [1.807, 2.05) is 25.2 Å². The molecule has 2 bridgehead atoms. The minimum atomic E-state index is -5.81. The zero-order valence-electron chi connectivity index (χ0n) is 42.3. The average Bonchev–Trinajstić information content (AvgIpc) is 3.33. The first-order valence-electron chi connectivity index (χ1n) is 25.5. The Hall–Kier alpha value is -2.98. The van der Waals surface area contributed by atoms with Crippen LogP contribution in [0.25, 0.3) is 0 Å². The van der Waals surface area contributed by atoms with E-state index < -0.39 is 120 Å². The Kier molecular flexibility index (Phi) is 34.2. The quantitative estimate of drug-likeness (QED) is 0.0220. The normalized spacial score (nSPS) is 30.8. The molecule has 2 unspecified atom stereocenters. The highest BCUT2D eigenvalue weighted by Gasteiger charge is 2.50. The van der Waals surface area contributed by atoms with Crippen LogP contribution in [0.1, 0.15) is 136 Å². The van der Waals surface area contributed by atoms with E-state index in [2.05, 4.69) is 43.4 Å². The first kappa shape index (κ1) is 66.1. The summed E-state index contributed by atoms with van der Waals surface area (Å²) in [6.45, 7) is 2.44. The number of hydrogen-bond donors (Lipinski definition) is 10. The van der Waals surface area contributed by atoms with Crippen molar-refractivity contribution in [2.24, 2.45) is 5.92 Å². The first-order chi connectivity index (χ1) is 34.8. The monoisotopic (exact) mass is 1080 g/mol. The summed E-state index contributed by atoms with van der Waals surface area (Å²) in [5, 5.41) is 79.1. The fraction of sp³-hybridized carbons (Fsp3) is 0.686. The predicted molar refractivity (Wildman–Crippen MR) is 272 cm³/mol. The molecule has 13 atom stereocenters. The minimum absolute atomic E-state index is 0.128. The number of carbonyl (C=O) groups is 2. The van der Waals surface area contributed by atoms with Gasteiger partial charge < -0.3 is 64.6 Å². The summed E-state index contributed by atoms with van der Waals surface area (Å²) in [5.74, 6) is -3.00. The summed E-state index contributed by atoms with van der Waals surface area (Å²) in [6, 6.07) is 0. The van der Waals surface area contributed by atoms with Crippen molar-refractivity contribution in [2.75, 3.05) is 13.2 Å². The third-order valence-electron chi connectivity index (χ3n) is 11.8. The maximum atomic E-state index is 13.8. The third kappa shape index (κ3) is 29.8. The second kappa shape index (κ2) is 37.7. The molecule has 2 rings (SSSR count).